The molecule has 0 radical (unpaired) electrons. The molecule has 17 heavy (non-hydrogen) atoms. The lowest BCUT2D eigenvalue weighted by atomic mass is 9.88. The Hall–Kier alpha value is -1.23. The fourth-order valence-electron chi connectivity index (χ4n) is 1.63. The van der Waals surface area contributed by atoms with Gasteiger partial charge in [-0.05, 0) is 11.8 Å². The Morgan fingerprint density at radius 3 is 2.59 bits per heavy atom. The first-order valence-corrected chi connectivity index (χ1v) is 5.58. The molecule has 1 atom stereocenters. The summed E-state index contributed by atoms with van der Waals surface area (Å²) in [5.41, 5.74) is 6.02. The first-order valence-electron chi connectivity index (χ1n) is 5.58. The van der Waals surface area contributed by atoms with Crippen LogP contribution in [0.2, 0.25) is 0 Å². The van der Waals surface area contributed by atoms with Crippen molar-refractivity contribution in [3.05, 3.63) is 23.9 Å². The van der Waals surface area contributed by atoms with Crippen LogP contribution in [-0.4, -0.2) is 17.6 Å². The van der Waals surface area contributed by atoms with Crippen molar-refractivity contribution in [3.8, 4) is 0 Å². The van der Waals surface area contributed by atoms with Crippen LogP contribution in [0.5, 0.6) is 0 Å². The monoisotopic (exact) mass is 243 g/mol. The zero-order chi connectivity index (χ0) is 13.1. The third kappa shape index (κ3) is 5.08. The molecule has 0 saturated carbocycles. The molecule has 96 valence electrons. The predicted octanol–water partition coefficient (Wildman–Crippen LogP) is 2.54. The standard InChI is InChI=1S/C12H19F2N3/c1-12(2,3)5-9(15)7-17-11-10(14)4-8(13)6-16-11/h4,6,9H,5,7,15H2,1-3H3,(H,16,17). The van der Waals surface area contributed by atoms with Crippen molar-refractivity contribution in [1.29, 1.82) is 0 Å². The zero-order valence-electron chi connectivity index (χ0n) is 10.4. The Balaban J connectivity index is 2.50. The van der Waals surface area contributed by atoms with Crippen LogP contribution in [-0.2, 0) is 0 Å². The van der Waals surface area contributed by atoms with E-state index in [2.05, 4.69) is 31.1 Å². The summed E-state index contributed by atoms with van der Waals surface area (Å²) in [5.74, 6) is -1.35. The number of halogens is 2. The van der Waals surface area contributed by atoms with Gasteiger partial charge in [-0.1, -0.05) is 20.8 Å². The molecule has 1 heterocycles. The molecule has 0 aliphatic heterocycles. The highest BCUT2D eigenvalue weighted by atomic mass is 19.1. The van der Waals surface area contributed by atoms with Gasteiger partial charge in [0.05, 0.1) is 6.20 Å². The SMILES string of the molecule is CC(C)(C)CC(N)CNc1ncc(F)cc1F. The van der Waals surface area contributed by atoms with Gasteiger partial charge in [0.1, 0.15) is 5.82 Å². The lowest BCUT2D eigenvalue weighted by Gasteiger charge is -2.23. The molecule has 3 N–H and O–H groups in total. The maximum Gasteiger partial charge on any atom is 0.168 e. The quantitative estimate of drug-likeness (QED) is 0.854. The molecule has 1 aromatic heterocycles. The number of anilines is 1. The molecular formula is C12H19F2N3. The first kappa shape index (κ1) is 13.8. The van der Waals surface area contributed by atoms with E-state index in [1.165, 1.54) is 0 Å². The average Bonchev–Trinajstić information content (AvgIpc) is 2.13. The van der Waals surface area contributed by atoms with Gasteiger partial charge in [-0.2, -0.15) is 0 Å². The van der Waals surface area contributed by atoms with Gasteiger partial charge in [-0.15, -0.1) is 0 Å². The van der Waals surface area contributed by atoms with Crippen molar-refractivity contribution in [1.82, 2.24) is 4.98 Å². The highest BCUT2D eigenvalue weighted by Gasteiger charge is 2.16. The summed E-state index contributed by atoms with van der Waals surface area (Å²) in [6.07, 6.45) is 1.78. The van der Waals surface area contributed by atoms with Crippen molar-refractivity contribution < 1.29 is 8.78 Å². The summed E-state index contributed by atoms with van der Waals surface area (Å²) in [6, 6.07) is 0.700. The second-order valence-corrected chi connectivity index (χ2v) is 5.39. The van der Waals surface area contributed by atoms with E-state index in [9.17, 15) is 8.78 Å². The van der Waals surface area contributed by atoms with Crippen LogP contribution < -0.4 is 11.1 Å². The van der Waals surface area contributed by atoms with E-state index in [0.717, 1.165) is 18.7 Å². The lowest BCUT2D eigenvalue weighted by Crippen LogP contribution is -2.33. The third-order valence-corrected chi connectivity index (χ3v) is 2.21. The summed E-state index contributed by atoms with van der Waals surface area (Å²) >= 11 is 0. The van der Waals surface area contributed by atoms with Crippen molar-refractivity contribution >= 4 is 5.82 Å². The summed E-state index contributed by atoms with van der Waals surface area (Å²) in [4.78, 5) is 3.63. The van der Waals surface area contributed by atoms with Crippen molar-refractivity contribution in [3.63, 3.8) is 0 Å². The number of hydrogen-bond donors (Lipinski definition) is 2. The third-order valence-electron chi connectivity index (χ3n) is 2.21. The van der Waals surface area contributed by atoms with E-state index in [-0.39, 0.29) is 17.3 Å². The topological polar surface area (TPSA) is 50.9 Å². The normalized spacial score (nSPS) is 13.5. The first-order chi connectivity index (χ1) is 7.78. The van der Waals surface area contributed by atoms with Gasteiger partial charge < -0.3 is 11.1 Å². The molecule has 0 amide bonds. The largest absolute Gasteiger partial charge is 0.366 e. The number of aromatic nitrogens is 1. The maximum atomic E-state index is 13.2. The van der Waals surface area contributed by atoms with E-state index in [0.29, 0.717) is 6.54 Å². The minimum atomic E-state index is -0.701. The van der Waals surface area contributed by atoms with Crippen LogP contribution >= 0.6 is 0 Å². The van der Waals surface area contributed by atoms with E-state index in [4.69, 9.17) is 5.73 Å². The molecule has 1 aromatic rings. The fraction of sp³-hybridized carbons (Fsp3) is 0.583. The van der Waals surface area contributed by atoms with Crippen LogP contribution in [0.25, 0.3) is 0 Å². The van der Waals surface area contributed by atoms with Gasteiger partial charge in [-0.25, -0.2) is 13.8 Å². The van der Waals surface area contributed by atoms with E-state index < -0.39 is 11.6 Å². The Kier molecular flexibility index (Phi) is 4.40. The smallest absolute Gasteiger partial charge is 0.168 e. The lowest BCUT2D eigenvalue weighted by molar-refractivity contribution is 0.344. The Bertz CT molecular complexity index is 375. The Morgan fingerprint density at radius 1 is 1.41 bits per heavy atom. The van der Waals surface area contributed by atoms with Crippen LogP contribution in [0.15, 0.2) is 12.3 Å². The Morgan fingerprint density at radius 2 is 2.06 bits per heavy atom. The van der Waals surface area contributed by atoms with Crippen LogP contribution in [0, 0.1) is 17.0 Å². The minimum absolute atomic E-state index is 0.0377. The predicted molar refractivity (Wildman–Crippen MR) is 64.7 cm³/mol. The second kappa shape index (κ2) is 5.40. The van der Waals surface area contributed by atoms with Crippen molar-refractivity contribution in [2.75, 3.05) is 11.9 Å². The molecule has 3 nitrogen and oxygen atoms in total. The van der Waals surface area contributed by atoms with Crippen LogP contribution in [0.3, 0.4) is 0 Å². The van der Waals surface area contributed by atoms with Crippen LogP contribution in [0.1, 0.15) is 27.2 Å². The molecule has 1 unspecified atom stereocenters. The molecule has 0 aromatic carbocycles. The van der Waals surface area contributed by atoms with E-state index in [1.54, 1.807) is 0 Å². The average molecular weight is 243 g/mol. The number of nitrogens with one attached hydrogen (secondary N) is 1. The Labute approximate surface area is 100 Å². The van der Waals surface area contributed by atoms with Crippen LogP contribution in [0.4, 0.5) is 14.6 Å². The van der Waals surface area contributed by atoms with Crippen molar-refractivity contribution in [2.24, 2.45) is 11.1 Å². The molecule has 0 aliphatic carbocycles. The minimum Gasteiger partial charge on any atom is -0.366 e. The molecule has 0 saturated heterocycles. The highest BCUT2D eigenvalue weighted by Crippen LogP contribution is 2.20. The fourth-order valence-corrected chi connectivity index (χ4v) is 1.63. The number of pyridine rings is 1. The summed E-state index contributed by atoms with van der Waals surface area (Å²) in [7, 11) is 0. The van der Waals surface area contributed by atoms with Gasteiger partial charge in [0, 0.05) is 18.7 Å². The maximum absolute atomic E-state index is 13.2. The number of nitrogens with two attached hydrogens (primary N) is 1. The van der Waals surface area contributed by atoms with E-state index >= 15 is 0 Å². The molecule has 1 rings (SSSR count). The highest BCUT2D eigenvalue weighted by molar-refractivity contribution is 5.35. The van der Waals surface area contributed by atoms with Gasteiger partial charge in [0.25, 0.3) is 0 Å². The molecule has 0 fully saturated rings. The van der Waals surface area contributed by atoms with Crippen molar-refractivity contribution in [2.45, 2.75) is 33.2 Å². The molecule has 0 spiro atoms. The van der Waals surface area contributed by atoms with Gasteiger partial charge in [-0.3, -0.25) is 0 Å². The summed E-state index contributed by atoms with van der Waals surface area (Å²) < 4.78 is 25.8. The molecule has 0 bridgehead atoms. The van der Waals surface area contributed by atoms with Gasteiger partial charge >= 0.3 is 0 Å². The molecular weight excluding hydrogens is 224 g/mol. The second-order valence-electron chi connectivity index (χ2n) is 5.39. The number of nitrogens with zero attached hydrogens (tertiary/aromatic N) is 1. The summed E-state index contributed by atoms with van der Waals surface area (Å²) in [6.45, 7) is 6.67. The molecule has 0 aliphatic rings. The van der Waals surface area contributed by atoms with Gasteiger partial charge in [0.2, 0.25) is 0 Å². The zero-order valence-corrected chi connectivity index (χ0v) is 10.4. The van der Waals surface area contributed by atoms with E-state index in [1.807, 2.05) is 0 Å². The summed E-state index contributed by atoms with van der Waals surface area (Å²) in [5, 5.41) is 2.78. The number of rotatable bonds is 4. The number of hydrogen-bond acceptors (Lipinski definition) is 3. The van der Waals surface area contributed by atoms with Gasteiger partial charge in [0.15, 0.2) is 11.6 Å². The molecule has 5 heteroatoms.